The summed E-state index contributed by atoms with van der Waals surface area (Å²) in [6.07, 6.45) is 0. The number of alkyl halides is 1. The molecule has 0 radical (unpaired) electrons. The van der Waals surface area contributed by atoms with E-state index in [1.165, 1.54) is 0 Å². The SMILES string of the molecule is N#Cc1cccc2c(CBr)c(F)sc12. The maximum absolute atomic E-state index is 13.4. The Morgan fingerprint density at radius 2 is 2.29 bits per heavy atom. The molecule has 1 aromatic carbocycles. The molecule has 0 spiro atoms. The molecule has 0 saturated heterocycles. The number of hydrogen-bond donors (Lipinski definition) is 0. The Labute approximate surface area is 92.9 Å². The van der Waals surface area contributed by atoms with Crippen molar-refractivity contribution in [3.05, 3.63) is 34.5 Å². The zero-order chi connectivity index (χ0) is 10.1. The third-order valence-corrected chi connectivity index (χ3v) is 3.65. The van der Waals surface area contributed by atoms with E-state index in [-0.39, 0.29) is 5.13 Å². The molecule has 0 fully saturated rings. The predicted octanol–water partition coefficient (Wildman–Crippen LogP) is 3.81. The van der Waals surface area contributed by atoms with Gasteiger partial charge in [-0.3, -0.25) is 0 Å². The average molecular weight is 270 g/mol. The summed E-state index contributed by atoms with van der Waals surface area (Å²) >= 11 is 4.27. The van der Waals surface area contributed by atoms with Gasteiger partial charge in [-0.2, -0.15) is 9.65 Å². The fraction of sp³-hybridized carbons (Fsp3) is 0.100. The van der Waals surface area contributed by atoms with Gasteiger partial charge in [-0.1, -0.05) is 28.1 Å². The van der Waals surface area contributed by atoms with Gasteiger partial charge in [0.25, 0.3) is 0 Å². The molecule has 0 amide bonds. The van der Waals surface area contributed by atoms with E-state index >= 15 is 0 Å². The molecule has 0 saturated carbocycles. The second-order valence-electron chi connectivity index (χ2n) is 2.78. The first-order valence-corrected chi connectivity index (χ1v) is 5.87. The lowest BCUT2D eigenvalue weighted by molar-refractivity contribution is 0.649. The highest BCUT2D eigenvalue weighted by molar-refractivity contribution is 9.08. The minimum absolute atomic E-state index is 0.209. The van der Waals surface area contributed by atoms with E-state index in [0.717, 1.165) is 21.4 Å². The van der Waals surface area contributed by atoms with Crippen molar-refractivity contribution in [2.45, 2.75) is 5.33 Å². The van der Waals surface area contributed by atoms with Crippen LogP contribution in [0.15, 0.2) is 18.2 Å². The van der Waals surface area contributed by atoms with Crippen molar-refractivity contribution in [1.29, 1.82) is 5.26 Å². The fourth-order valence-corrected chi connectivity index (χ4v) is 3.10. The van der Waals surface area contributed by atoms with Gasteiger partial charge in [0.2, 0.25) is 0 Å². The number of thiophene rings is 1. The number of halogens is 2. The normalized spacial score (nSPS) is 10.4. The summed E-state index contributed by atoms with van der Waals surface area (Å²) in [6.45, 7) is 0. The molecule has 14 heavy (non-hydrogen) atoms. The Balaban J connectivity index is 2.87. The van der Waals surface area contributed by atoms with E-state index in [1.54, 1.807) is 12.1 Å². The number of rotatable bonds is 1. The quantitative estimate of drug-likeness (QED) is 0.723. The summed E-state index contributed by atoms with van der Waals surface area (Å²) in [6, 6.07) is 7.38. The molecule has 1 aromatic heterocycles. The number of hydrogen-bond acceptors (Lipinski definition) is 2. The molecular formula is C10H5BrFNS. The molecule has 1 heterocycles. The smallest absolute Gasteiger partial charge is 0.181 e. The first-order valence-electron chi connectivity index (χ1n) is 3.94. The maximum Gasteiger partial charge on any atom is 0.181 e. The van der Waals surface area contributed by atoms with Gasteiger partial charge in [0.1, 0.15) is 6.07 Å². The summed E-state index contributed by atoms with van der Waals surface area (Å²) in [4.78, 5) is 0. The van der Waals surface area contributed by atoms with Gasteiger partial charge in [-0.15, -0.1) is 11.3 Å². The zero-order valence-electron chi connectivity index (χ0n) is 7.05. The zero-order valence-corrected chi connectivity index (χ0v) is 9.45. The standard InChI is InChI=1S/C10H5BrFNS/c11-4-8-7-3-1-2-6(5-13)9(7)14-10(8)12/h1-3H,4H2. The second-order valence-corrected chi connectivity index (χ2v) is 4.31. The second kappa shape index (κ2) is 3.68. The van der Waals surface area contributed by atoms with E-state index < -0.39 is 0 Å². The Kier molecular flexibility index (Phi) is 2.53. The Bertz CT molecular complexity index is 527. The van der Waals surface area contributed by atoms with Crippen LogP contribution in [-0.4, -0.2) is 0 Å². The molecule has 1 nitrogen and oxygen atoms in total. The van der Waals surface area contributed by atoms with Crippen LogP contribution in [0.5, 0.6) is 0 Å². The van der Waals surface area contributed by atoms with Crippen LogP contribution in [0.25, 0.3) is 10.1 Å². The van der Waals surface area contributed by atoms with E-state index in [2.05, 4.69) is 22.0 Å². The predicted molar refractivity (Wildman–Crippen MR) is 59.1 cm³/mol. The summed E-state index contributed by atoms with van der Waals surface area (Å²) in [7, 11) is 0. The minimum atomic E-state index is -0.209. The highest BCUT2D eigenvalue weighted by atomic mass is 79.9. The van der Waals surface area contributed by atoms with E-state index in [4.69, 9.17) is 5.26 Å². The van der Waals surface area contributed by atoms with Gasteiger partial charge in [-0.05, 0) is 6.07 Å². The lowest BCUT2D eigenvalue weighted by Gasteiger charge is -1.93. The average Bonchev–Trinajstić information content (AvgIpc) is 2.52. The Morgan fingerprint density at radius 3 is 2.93 bits per heavy atom. The summed E-state index contributed by atoms with van der Waals surface area (Å²) in [5, 5.41) is 9.94. The molecular weight excluding hydrogens is 265 g/mol. The topological polar surface area (TPSA) is 23.8 Å². The monoisotopic (exact) mass is 269 g/mol. The van der Waals surface area contributed by atoms with Gasteiger partial charge in [0.05, 0.1) is 10.3 Å². The maximum atomic E-state index is 13.4. The first kappa shape index (κ1) is 9.63. The lowest BCUT2D eigenvalue weighted by Crippen LogP contribution is -1.78. The van der Waals surface area contributed by atoms with Crippen molar-refractivity contribution >= 4 is 37.4 Å². The molecule has 2 rings (SSSR count). The number of nitriles is 1. The van der Waals surface area contributed by atoms with Gasteiger partial charge in [-0.25, -0.2) is 0 Å². The van der Waals surface area contributed by atoms with Crippen LogP contribution in [0.1, 0.15) is 11.1 Å². The summed E-state index contributed by atoms with van der Waals surface area (Å²) in [5.74, 6) is 0. The van der Waals surface area contributed by atoms with Crippen molar-refractivity contribution in [3.8, 4) is 6.07 Å². The van der Waals surface area contributed by atoms with Crippen LogP contribution >= 0.6 is 27.3 Å². The molecule has 0 N–H and O–H groups in total. The first-order chi connectivity index (χ1) is 6.77. The Hall–Kier alpha value is -0.920. The summed E-state index contributed by atoms with van der Waals surface area (Å²) in [5.41, 5.74) is 1.18. The van der Waals surface area contributed by atoms with Gasteiger partial charge < -0.3 is 0 Å². The van der Waals surface area contributed by atoms with Crippen LogP contribution in [0.3, 0.4) is 0 Å². The van der Waals surface area contributed by atoms with Crippen LogP contribution < -0.4 is 0 Å². The summed E-state index contributed by atoms with van der Waals surface area (Å²) < 4.78 is 14.1. The highest BCUT2D eigenvalue weighted by Gasteiger charge is 2.12. The highest BCUT2D eigenvalue weighted by Crippen LogP contribution is 2.33. The van der Waals surface area contributed by atoms with Crippen molar-refractivity contribution in [3.63, 3.8) is 0 Å². The third kappa shape index (κ3) is 1.33. The molecule has 4 heteroatoms. The van der Waals surface area contributed by atoms with Crippen LogP contribution in [0.4, 0.5) is 4.39 Å². The number of benzene rings is 1. The van der Waals surface area contributed by atoms with E-state index in [0.29, 0.717) is 16.5 Å². The van der Waals surface area contributed by atoms with E-state index in [1.807, 2.05) is 6.07 Å². The molecule has 70 valence electrons. The minimum Gasteiger partial charge on any atom is -0.195 e. The van der Waals surface area contributed by atoms with Crippen LogP contribution in [-0.2, 0) is 5.33 Å². The van der Waals surface area contributed by atoms with Gasteiger partial charge in [0.15, 0.2) is 5.13 Å². The number of nitrogens with zero attached hydrogens (tertiary/aromatic N) is 1. The largest absolute Gasteiger partial charge is 0.195 e. The molecule has 0 aliphatic heterocycles. The van der Waals surface area contributed by atoms with E-state index in [9.17, 15) is 4.39 Å². The molecule has 2 aromatic rings. The van der Waals surface area contributed by atoms with Crippen molar-refractivity contribution in [1.82, 2.24) is 0 Å². The molecule has 0 atom stereocenters. The van der Waals surface area contributed by atoms with Gasteiger partial charge in [0, 0.05) is 16.3 Å². The molecule has 0 unspecified atom stereocenters. The third-order valence-electron chi connectivity index (χ3n) is 2.02. The fourth-order valence-electron chi connectivity index (χ4n) is 1.35. The van der Waals surface area contributed by atoms with Crippen molar-refractivity contribution in [2.24, 2.45) is 0 Å². The number of fused-ring (bicyclic) bond motifs is 1. The molecule has 0 bridgehead atoms. The molecule has 0 aliphatic carbocycles. The Morgan fingerprint density at radius 1 is 1.50 bits per heavy atom. The lowest BCUT2D eigenvalue weighted by atomic mass is 10.1. The van der Waals surface area contributed by atoms with Crippen LogP contribution in [0.2, 0.25) is 0 Å². The van der Waals surface area contributed by atoms with Gasteiger partial charge >= 0.3 is 0 Å². The van der Waals surface area contributed by atoms with Crippen molar-refractivity contribution in [2.75, 3.05) is 0 Å². The van der Waals surface area contributed by atoms with Crippen LogP contribution in [0, 0.1) is 16.5 Å². The molecule has 0 aliphatic rings. The van der Waals surface area contributed by atoms with Crippen molar-refractivity contribution < 1.29 is 4.39 Å².